The minimum Gasteiger partial charge on any atom is -0.378 e. The van der Waals surface area contributed by atoms with Crippen LogP contribution in [0.15, 0.2) is 20.0 Å². The van der Waals surface area contributed by atoms with Gasteiger partial charge in [-0.3, -0.25) is 20.0 Å². The molecule has 0 aromatic carbocycles. The third kappa shape index (κ3) is 30.3. The third-order valence-electron chi connectivity index (χ3n) is 8.85. The standard InChI is InChI=1S/C41H80N4O8/c1-33(2)37(9)42-13-17-46-21-25-50-29-41(30-51-26-22-47-18-14-43-38(10)34(3)4,31-52-27-23-48-19-15-44-39(11)35(5)6)32-53-28-24-49-20-16-45-40(12)36(7)8/h33-36H,13-32H2,1-12H3. The topological polar surface area (TPSA) is 123 Å². The molecule has 0 amide bonds. The lowest BCUT2D eigenvalue weighted by Crippen LogP contribution is -2.43. The smallest absolute Gasteiger partial charge is 0.0701 e. The molecule has 0 heterocycles. The summed E-state index contributed by atoms with van der Waals surface area (Å²) in [7, 11) is 0. The van der Waals surface area contributed by atoms with E-state index in [0.717, 1.165) is 22.8 Å². The van der Waals surface area contributed by atoms with Crippen molar-refractivity contribution >= 4 is 22.8 Å². The van der Waals surface area contributed by atoms with E-state index < -0.39 is 5.41 Å². The molecule has 0 unspecified atom stereocenters. The van der Waals surface area contributed by atoms with Gasteiger partial charge in [-0.05, 0) is 51.4 Å². The summed E-state index contributed by atoms with van der Waals surface area (Å²) >= 11 is 0. The summed E-state index contributed by atoms with van der Waals surface area (Å²) < 4.78 is 47.9. The Hall–Kier alpha value is -1.64. The number of aliphatic imine (C=N–C) groups is 4. The molecule has 0 rings (SSSR count). The summed E-state index contributed by atoms with van der Waals surface area (Å²) in [5, 5.41) is 0. The van der Waals surface area contributed by atoms with E-state index in [1.54, 1.807) is 0 Å². The lowest BCUT2D eigenvalue weighted by molar-refractivity contribution is -0.121. The lowest BCUT2D eigenvalue weighted by Gasteiger charge is -2.33. The van der Waals surface area contributed by atoms with Crippen molar-refractivity contribution in [2.45, 2.75) is 83.1 Å². The molecule has 0 saturated carbocycles. The normalized spacial score (nSPS) is 14.8. The van der Waals surface area contributed by atoms with Crippen molar-refractivity contribution in [2.75, 3.05) is 132 Å². The summed E-state index contributed by atoms with van der Waals surface area (Å²) in [6.07, 6.45) is 0. The molecular weight excluding hydrogens is 676 g/mol. The van der Waals surface area contributed by atoms with Crippen LogP contribution in [0.5, 0.6) is 0 Å². The average molecular weight is 757 g/mol. The first-order chi connectivity index (χ1) is 25.3. The van der Waals surface area contributed by atoms with Crippen LogP contribution in [0.4, 0.5) is 0 Å². The molecule has 53 heavy (non-hydrogen) atoms. The van der Waals surface area contributed by atoms with Crippen LogP contribution in [0.3, 0.4) is 0 Å². The van der Waals surface area contributed by atoms with E-state index in [1.165, 1.54) is 0 Å². The highest BCUT2D eigenvalue weighted by molar-refractivity contribution is 5.84. The van der Waals surface area contributed by atoms with Crippen LogP contribution in [-0.2, 0) is 37.9 Å². The molecule has 0 aliphatic heterocycles. The molecule has 0 aliphatic rings. The molecule has 12 nitrogen and oxygen atoms in total. The van der Waals surface area contributed by atoms with E-state index in [0.29, 0.717) is 156 Å². The van der Waals surface area contributed by atoms with Crippen LogP contribution in [0.25, 0.3) is 0 Å². The van der Waals surface area contributed by atoms with Gasteiger partial charge in [-0.1, -0.05) is 55.4 Å². The Bertz CT molecular complexity index is 841. The van der Waals surface area contributed by atoms with Crippen LogP contribution in [0.1, 0.15) is 83.1 Å². The molecule has 0 spiro atoms. The molecule has 0 aliphatic carbocycles. The molecule has 0 aromatic heterocycles. The zero-order valence-corrected chi connectivity index (χ0v) is 36.0. The Morgan fingerprint density at radius 3 is 0.698 bits per heavy atom. The van der Waals surface area contributed by atoms with Gasteiger partial charge in [0.1, 0.15) is 0 Å². The number of ether oxygens (including phenoxy) is 8. The van der Waals surface area contributed by atoms with E-state index >= 15 is 0 Å². The SMILES string of the molecule is CC(=NCCOCCOCC(COCCOCCN=C(C)C(C)C)(COCCOCCN=C(C)C(C)C)COCCOCCN=C(C)C(C)C)C(C)C. The lowest BCUT2D eigenvalue weighted by atomic mass is 9.92. The third-order valence-corrected chi connectivity index (χ3v) is 8.85. The predicted octanol–water partition coefficient (Wildman–Crippen LogP) is 6.57. The molecule has 0 saturated heterocycles. The zero-order valence-electron chi connectivity index (χ0n) is 36.0. The van der Waals surface area contributed by atoms with Crippen LogP contribution in [0.2, 0.25) is 0 Å². The maximum absolute atomic E-state index is 6.18. The molecule has 0 bridgehead atoms. The van der Waals surface area contributed by atoms with Gasteiger partial charge in [-0.25, -0.2) is 0 Å². The summed E-state index contributed by atoms with van der Waals surface area (Å²) in [5.74, 6) is 1.77. The number of rotatable bonds is 36. The Labute approximate surface area is 324 Å². The van der Waals surface area contributed by atoms with Gasteiger partial charge >= 0.3 is 0 Å². The van der Waals surface area contributed by atoms with Crippen molar-refractivity contribution in [1.29, 1.82) is 0 Å². The second-order valence-electron chi connectivity index (χ2n) is 14.9. The number of nitrogens with zero attached hydrogens (tertiary/aromatic N) is 4. The first-order valence-corrected chi connectivity index (χ1v) is 20.0. The molecule has 0 radical (unpaired) electrons. The Morgan fingerprint density at radius 2 is 0.509 bits per heavy atom. The Morgan fingerprint density at radius 1 is 0.321 bits per heavy atom. The number of hydrogen-bond acceptors (Lipinski definition) is 12. The maximum Gasteiger partial charge on any atom is 0.0701 e. The Kier molecular flexibility index (Phi) is 32.6. The van der Waals surface area contributed by atoms with Crippen molar-refractivity contribution in [2.24, 2.45) is 49.1 Å². The first kappa shape index (κ1) is 51.4. The minimum atomic E-state index is -0.561. The second kappa shape index (κ2) is 33.7. The second-order valence-corrected chi connectivity index (χ2v) is 14.9. The molecule has 0 fully saturated rings. The monoisotopic (exact) mass is 757 g/mol. The summed E-state index contributed by atoms with van der Waals surface area (Å²) in [6, 6.07) is 0. The van der Waals surface area contributed by atoms with Crippen LogP contribution >= 0.6 is 0 Å². The van der Waals surface area contributed by atoms with Crippen molar-refractivity contribution in [3.63, 3.8) is 0 Å². The van der Waals surface area contributed by atoms with Gasteiger partial charge in [0.05, 0.1) is 137 Å². The van der Waals surface area contributed by atoms with Crippen LogP contribution in [0, 0.1) is 29.1 Å². The number of hydrogen-bond donors (Lipinski definition) is 0. The quantitative estimate of drug-likeness (QED) is 0.0520. The minimum absolute atomic E-state index is 0.374. The largest absolute Gasteiger partial charge is 0.378 e. The van der Waals surface area contributed by atoms with Crippen LogP contribution in [-0.4, -0.2) is 155 Å². The first-order valence-electron chi connectivity index (χ1n) is 20.0. The van der Waals surface area contributed by atoms with Crippen molar-refractivity contribution < 1.29 is 37.9 Å². The van der Waals surface area contributed by atoms with E-state index in [-0.39, 0.29) is 0 Å². The highest BCUT2D eigenvalue weighted by Gasteiger charge is 2.32. The molecule has 0 atom stereocenters. The van der Waals surface area contributed by atoms with E-state index in [4.69, 9.17) is 37.9 Å². The highest BCUT2D eigenvalue weighted by Crippen LogP contribution is 2.21. The van der Waals surface area contributed by atoms with Gasteiger partial charge in [0.15, 0.2) is 0 Å². The fourth-order valence-corrected chi connectivity index (χ4v) is 4.16. The Balaban J connectivity index is 5.26. The molecule has 0 aromatic rings. The van der Waals surface area contributed by atoms with Gasteiger partial charge in [0.25, 0.3) is 0 Å². The summed E-state index contributed by atoms with van der Waals surface area (Å²) in [6.45, 7) is 35.3. The van der Waals surface area contributed by atoms with Gasteiger partial charge in [-0.2, -0.15) is 0 Å². The van der Waals surface area contributed by atoms with Crippen molar-refractivity contribution in [3.8, 4) is 0 Å². The maximum atomic E-state index is 6.18. The van der Waals surface area contributed by atoms with Gasteiger partial charge in [-0.15, -0.1) is 0 Å². The predicted molar refractivity (Wildman–Crippen MR) is 220 cm³/mol. The summed E-state index contributed by atoms with van der Waals surface area (Å²) in [5.41, 5.74) is 3.98. The van der Waals surface area contributed by atoms with Crippen LogP contribution < -0.4 is 0 Å². The zero-order chi connectivity index (χ0) is 39.7. The molecule has 12 heteroatoms. The molecule has 0 N–H and O–H groups in total. The fourth-order valence-electron chi connectivity index (χ4n) is 4.16. The molecule has 312 valence electrons. The average Bonchev–Trinajstić information content (AvgIpc) is 3.11. The van der Waals surface area contributed by atoms with Crippen molar-refractivity contribution in [1.82, 2.24) is 0 Å². The van der Waals surface area contributed by atoms with Crippen molar-refractivity contribution in [3.05, 3.63) is 0 Å². The van der Waals surface area contributed by atoms with E-state index in [9.17, 15) is 0 Å². The van der Waals surface area contributed by atoms with E-state index in [1.807, 2.05) is 0 Å². The summed E-state index contributed by atoms with van der Waals surface area (Å²) in [4.78, 5) is 18.3. The van der Waals surface area contributed by atoms with Gasteiger partial charge in [0, 0.05) is 22.8 Å². The van der Waals surface area contributed by atoms with Gasteiger partial charge in [0.2, 0.25) is 0 Å². The highest BCUT2D eigenvalue weighted by atomic mass is 16.6. The van der Waals surface area contributed by atoms with Gasteiger partial charge < -0.3 is 37.9 Å². The molecular formula is C41H80N4O8. The van der Waals surface area contributed by atoms with E-state index in [2.05, 4.69) is 103 Å². The fraction of sp³-hybridized carbons (Fsp3) is 0.902.